The van der Waals surface area contributed by atoms with Crippen LogP contribution in [-0.4, -0.2) is 36.0 Å². The molecule has 0 aromatic rings. The van der Waals surface area contributed by atoms with E-state index in [1.807, 2.05) is 7.05 Å². The molecule has 0 spiro atoms. The van der Waals surface area contributed by atoms with Gasteiger partial charge in [-0.1, -0.05) is 0 Å². The van der Waals surface area contributed by atoms with Gasteiger partial charge in [-0.15, -0.1) is 0 Å². The molecule has 0 saturated carbocycles. The molecule has 74 valence electrons. The minimum absolute atomic E-state index is 0.250. The maximum absolute atomic E-state index is 10.5. The molecular weight excluding hydrogens is 172 g/mol. The van der Waals surface area contributed by atoms with Gasteiger partial charge in [0.1, 0.15) is 0 Å². The van der Waals surface area contributed by atoms with Gasteiger partial charge in [-0.25, -0.2) is 0 Å². The van der Waals surface area contributed by atoms with Gasteiger partial charge in [-0.3, -0.25) is 9.59 Å². The first kappa shape index (κ1) is 14.0. The molecule has 0 aliphatic carbocycles. The van der Waals surface area contributed by atoms with E-state index in [0.717, 1.165) is 19.4 Å². The Morgan fingerprint density at radius 1 is 1.69 bits per heavy atom. The van der Waals surface area contributed by atoms with E-state index in [-0.39, 0.29) is 6.47 Å². The third-order valence-corrected chi connectivity index (χ3v) is 1.31. The number of carbonyl (C=O) groups is 2. The number of carbonyl (C=O) groups excluding carboxylic acids is 1. The second-order valence-electron chi connectivity index (χ2n) is 2.25. The normalized spacial score (nSPS) is 13.0. The number of hydrogen-bond acceptors (Lipinski definition) is 3. The Morgan fingerprint density at radius 3 is 2.15 bits per heavy atom. The van der Waals surface area contributed by atoms with Crippen molar-refractivity contribution in [2.75, 3.05) is 13.6 Å². The summed E-state index contributed by atoms with van der Waals surface area (Å²) in [6.07, 6.45) is 1.81. The molecule has 0 unspecified atom stereocenters. The summed E-state index contributed by atoms with van der Waals surface area (Å²) in [7, 11) is 1.84. The summed E-state index contributed by atoms with van der Waals surface area (Å²) >= 11 is 0. The van der Waals surface area contributed by atoms with Crippen molar-refractivity contribution in [3.63, 3.8) is 0 Å². The molecule has 0 atom stereocenters. The van der Waals surface area contributed by atoms with Crippen LogP contribution in [0.25, 0.3) is 0 Å². The smallest absolute Gasteiger partial charge is 0.290 e. The molecule has 0 bridgehead atoms. The lowest BCUT2D eigenvalue weighted by Crippen LogP contribution is -2.17. The third-order valence-electron chi connectivity index (χ3n) is 1.31. The summed E-state index contributed by atoms with van der Waals surface area (Å²) in [5.41, 5.74) is 0. The Kier molecular flexibility index (Phi) is 11.2. The van der Waals surface area contributed by atoms with E-state index in [2.05, 4.69) is 0 Å². The number of nitriles is 1. The zero-order valence-electron chi connectivity index (χ0n) is 7.86. The van der Waals surface area contributed by atoms with Gasteiger partial charge in [0.2, 0.25) is 5.91 Å². The third kappa shape index (κ3) is 10.4. The molecule has 0 aromatic carbocycles. The van der Waals surface area contributed by atoms with Crippen LogP contribution in [0.4, 0.5) is 0 Å². The molecule has 5 heteroatoms. The van der Waals surface area contributed by atoms with Crippen LogP contribution in [0.3, 0.4) is 0 Å². The van der Waals surface area contributed by atoms with Crippen LogP contribution in [0.1, 0.15) is 19.8 Å². The first-order valence-electron chi connectivity index (χ1n) is 3.76. The van der Waals surface area contributed by atoms with Crippen molar-refractivity contribution in [3.05, 3.63) is 0 Å². The molecule has 1 heterocycles. The quantitative estimate of drug-likeness (QED) is 0.557. The van der Waals surface area contributed by atoms with E-state index in [4.69, 9.17) is 15.2 Å². The molecule has 1 aliphatic heterocycles. The summed E-state index contributed by atoms with van der Waals surface area (Å²) in [5.74, 6) is 0.292. The lowest BCUT2D eigenvalue weighted by molar-refractivity contribution is -0.126. The second kappa shape index (κ2) is 10.4. The van der Waals surface area contributed by atoms with E-state index < -0.39 is 0 Å². The Bertz CT molecular complexity index is 186. The van der Waals surface area contributed by atoms with Gasteiger partial charge < -0.3 is 10.0 Å². The van der Waals surface area contributed by atoms with Gasteiger partial charge in [0, 0.05) is 26.9 Å². The lowest BCUT2D eigenvalue weighted by Gasteiger charge is -2.03. The standard InChI is InChI=1S/C5H9NO.C2H3N.CH2O2/c1-6-4-2-3-5(6)7;1-2-3;2-1-3/h2-4H2,1H3;1H3;1H,(H,2,3). The summed E-state index contributed by atoms with van der Waals surface area (Å²) in [6, 6.07) is 1.75. The average molecular weight is 186 g/mol. The number of carboxylic acid groups (broad SMARTS) is 1. The second-order valence-corrected chi connectivity index (χ2v) is 2.25. The average Bonchev–Trinajstić information content (AvgIpc) is 2.39. The van der Waals surface area contributed by atoms with E-state index in [0.29, 0.717) is 5.91 Å². The molecule has 1 amide bonds. The van der Waals surface area contributed by atoms with Crippen LogP contribution < -0.4 is 0 Å². The molecule has 13 heavy (non-hydrogen) atoms. The number of rotatable bonds is 0. The summed E-state index contributed by atoms with van der Waals surface area (Å²) in [4.78, 5) is 20.6. The van der Waals surface area contributed by atoms with Crippen molar-refractivity contribution in [3.8, 4) is 6.07 Å². The SMILES string of the molecule is CC#N.CN1CCCC1=O.O=CO. The van der Waals surface area contributed by atoms with Crippen molar-refractivity contribution >= 4 is 12.4 Å². The fourth-order valence-corrected chi connectivity index (χ4v) is 0.783. The number of likely N-dealkylation sites (tertiary alicyclic amines) is 1. The topological polar surface area (TPSA) is 81.4 Å². The molecular formula is C8H14N2O3. The summed E-state index contributed by atoms with van der Waals surface area (Å²) in [6.45, 7) is 2.14. The van der Waals surface area contributed by atoms with E-state index in [9.17, 15) is 4.79 Å². The Labute approximate surface area is 77.6 Å². The van der Waals surface area contributed by atoms with Gasteiger partial charge in [-0.2, -0.15) is 5.26 Å². The monoisotopic (exact) mass is 186 g/mol. The molecule has 1 N–H and O–H groups in total. The zero-order chi connectivity index (χ0) is 10.7. The molecule has 0 radical (unpaired) electrons. The maximum atomic E-state index is 10.5. The largest absolute Gasteiger partial charge is 0.483 e. The predicted octanol–water partition coefficient (Wildman–Crippen LogP) is 0.469. The predicted molar refractivity (Wildman–Crippen MR) is 46.9 cm³/mol. The first-order chi connectivity index (χ1) is 6.13. The van der Waals surface area contributed by atoms with Gasteiger partial charge in [0.15, 0.2) is 0 Å². The van der Waals surface area contributed by atoms with Crippen LogP contribution in [-0.2, 0) is 9.59 Å². The fraction of sp³-hybridized carbons (Fsp3) is 0.625. The Hall–Kier alpha value is -1.57. The molecule has 1 saturated heterocycles. The lowest BCUT2D eigenvalue weighted by atomic mass is 10.4. The zero-order valence-corrected chi connectivity index (χ0v) is 7.86. The summed E-state index contributed by atoms with van der Waals surface area (Å²) in [5, 5.41) is 14.2. The molecule has 1 fully saturated rings. The highest BCUT2D eigenvalue weighted by Gasteiger charge is 2.14. The molecule has 5 nitrogen and oxygen atoms in total. The van der Waals surface area contributed by atoms with Gasteiger partial charge in [-0.05, 0) is 6.42 Å². The fourth-order valence-electron chi connectivity index (χ4n) is 0.783. The highest BCUT2D eigenvalue weighted by molar-refractivity contribution is 5.77. The van der Waals surface area contributed by atoms with Crippen molar-refractivity contribution in [1.82, 2.24) is 4.90 Å². The van der Waals surface area contributed by atoms with Gasteiger partial charge in [0.25, 0.3) is 6.47 Å². The minimum atomic E-state index is -0.250. The minimum Gasteiger partial charge on any atom is -0.483 e. The van der Waals surface area contributed by atoms with Crippen LogP contribution in [0.2, 0.25) is 0 Å². The van der Waals surface area contributed by atoms with Crippen molar-refractivity contribution in [2.45, 2.75) is 19.8 Å². The van der Waals surface area contributed by atoms with Crippen LogP contribution in [0, 0.1) is 11.3 Å². The van der Waals surface area contributed by atoms with Crippen LogP contribution >= 0.6 is 0 Å². The van der Waals surface area contributed by atoms with Crippen LogP contribution in [0.5, 0.6) is 0 Å². The van der Waals surface area contributed by atoms with E-state index in [1.165, 1.54) is 6.92 Å². The number of nitrogens with zero attached hydrogens (tertiary/aromatic N) is 2. The molecule has 1 rings (SSSR count). The van der Waals surface area contributed by atoms with Gasteiger partial charge >= 0.3 is 0 Å². The Balaban J connectivity index is 0. The van der Waals surface area contributed by atoms with Crippen molar-refractivity contribution < 1.29 is 14.7 Å². The number of amides is 1. The maximum Gasteiger partial charge on any atom is 0.290 e. The summed E-state index contributed by atoms with van der Waals surface area (Å²) < 4.78 is 0. The van der Waals surface area contributed by atoms with Crippen molar-refractivity contribution in [1.29, 1.82) is 5.26 Å². The molecule has 1 aliphatic rings. The van der Waals surface area contributed by atoms with Crippen LogP contribution in [0.15, 0.2) is 0 Å². The highest BCUT2D eigenvalue weighted by atomic mass is 16.3. The van der Waals surface area contributed by atoms with Crippen molar-refractivity contribution in [2.24, 2.45) is 0 Å². The molecule has 0 aromatic heterocycles. The van der Waals surface area contributed by atoms with E-state index >= 15 is 0 Å². The van der Waals surface area contributed by atoms with E-state index in [1.54, 1.807) is 11.0 Å². The number of hydrogen-bond donors (Lipinski definition) is 1. The van der Waals surface area contributed by atoms with Gasteiger partial charge in [0.05, 0.1) is 6.07 Å². The first-order valence-corrected chi connectivity index (χ1v) is 3.76. The highest BCUT2D eigenvalue weighted by Crippen LogP contribution is 2.04. The Morgan fingerprint density at radius 2 is 2.08 bits per heavy atom.